The Hall–Kier alpha value is -3.41. The van der Waals surface area contributed by atoms with E-state index in [2.05, 4.69) is 15.2 Å². The summed E-state index contributed by atoms with van der Waals surface area (Å²) in [5, 5.41) is 7.38. The molecule has 1 aliphatic heterocycles. The number of pyridine rings is 1. The lowest BCUT2D eigenvalue weighted by Crippen LogP contribution is -2.52. The summed E-state index contributed by atoms with van der Waals surface area (Å²) in [5.41, 5.74) is 7.20. The van der Waals surface area contributed by atoms with Crippen molar-refractivity contribution >= 4 is 22.6 Å². The minimum absolute atomic E-state index is 0.0566. The molecule has 1 fully saturated rings. The number of anilines is 1. The third-order valence-corrected chi connectivity index (χ3v) is 6.09. The SMILES string of the molecule is Nc1nc2ccc(C(=O)N(Cc3ccc(C(F)(F)F)nn3)C3CC(F)(F)C3)cc2c2c1COC2. The normalized spacial score (nSPS) is 17.4. The van der Waals surface area contributed by atoms with Gasteiger partial charge < -0.3 is 15.4 Å². The van der Waals surface area contributed by atoms with Crippen LogP contribution in [0, 0.1) is 0 Å². The molecule has 178 valence electrons. The van der Waals surface area contributed by atoms with Crippen LogP contribution >= 0.6 is 0 Å². The molecule has 0 saturated heterocycles. The third-order valence-electron chi connectivity index (χ3n) is 6.09. The smallest absolute Gasteiger partial charge is 0.383 e. The van der Waals surface area contributed by atoms with Crippen molar-refractivity contribution in [3.8, 4) is 0 Å². The Morgan fingerprint density at radius 3 is 2.50 bits per heavy atom. The first kappa shape index (κ1) is 22.4. The molecular weight excluding hydrogens is 461 g/mol. The van der Waals surface area contributed by atoms with Crippen LogP contribution in [0.25, 0.3) is 10.9 Å². The molecule has 1 aliphatic carbocycles. The van der Waals surface area contributed by atoms with Crippen molar-refractivity contribution in [2.24, 2.45) is 0 Å². The molecule has 1 aromatic carbocycles. The first-order chi connectivity index (χ1) is 16.0. The number of hydrogen-bond acceptors (Lipinski definition) is 6. The molecule has 2 aliphatic rings. The average Bonchev–Trinajstić information content (AvgIpc) is 3.26. The fraction of sp³-hybridized carbons (Fsp3) is 0.364. The number of halogens is 5. The second-order valence-electron chi connectivity index (χ2n) is 8.44. The Morgan fingerprint density at radius 1 is 1.12 bits per heavy atom. The standard InChI is InChI=1S/C22H18F5N5O2/c23-21(24)6-13(7-21)32(8-12-2-4-18(31-30-12)22(25,26)27)20(33)11-1-3-17-14(5-11)15-9-34-10-16(15)19(28)29-17/h1-5,13H,6-10H2,(H2,28,29). The zero-order chi connectivity index (χ0) is 24.3. The lowest BCUT2D eigenvalue weighted by molar-refractivity contribution is -0.141. The van der Waals surface area contributed by atoms with Crippen LogP contribution in [-0.2, 0) is 30.7 Å². The summed E-state index contributed by atoms with van der Waals surface area (Å²) in [5.74, 6) is -3.11. The van der Waals surface area contributed by atoms with E-state index in [1.807, 2.05) is 0 Å². The maximum atomic E-state index is 13.6. The number of aromatic nitrogens is 3. The number of amides is 1. The number of fused-ring (bicyclic) bond motifs is 3. The van der Waals surface area contributed by atoms with Gasteiger partial charge in [0.1, 0.15) is 5.82 Å². The van der Waals surface area contributed by atoms with Gasteiger partial charge in [0.15, 0.2) is 5.69 Å². The van der Waals surface area contributed by atoms with E-state index in [0.29, 0.717) is 29.9 Å². The van der Waals surface area contributed by atoms with Crippen LogP contribution in [0.2, 0.25) is 0 Å². The van der Waals surface area contributed by atoms with Gasteiger partial charge in [0.05, 0.1) is 31.0 Å². The first-order valence-electron chi connectivity index (χ1n) is 10.4. The molecule has 3 heterocycles. The van der Waals surface area contributed by atoms with Crippen LogP contribution in [0.5, 0.6) is 0 Å². The fourth-order valence-corrected chi connectivity index (χ4v) is 4.26. The maximum Gasteiger partial charge on any atom is 0.435 e. The zero-order valence-corrected chi connectivity index (χ0v) is 17.6. The minimum Gasteiger partial charge on any atom is -0.383 e. The second kappa shape index (κ2) is 7.83. The highest BCUT2D eigenvalue weighted by Crippen LogP contribution is 2.41. The quantitative estimate of drug-likeness (QED) is 0.567. The summed E-state index contributed by atoms with van der Waals surface area (Å²) in [7, 11) is 0. The Morgan fingerprint density at radius 2 is 1.85 bits per heavy atom. The lowest BCUT2D eigenvalue weighted by Gasteiger charge is -2.42. The van der Waals surface area contributed by atoms with Gasteiger partial charge in [-0.25, -0.2) is 13.8 Å². The number of rotatable bonds is 4. The van der Waals surface area contributed by atoms with Gasteiger partial charge in [0, 0.05) is 35.4 Å². The number of benzene rings is 1. The van der Waals surface area contributed by atoms with Gasteiger partial charge in [0.2, 0.25) is 0 Å². The number of alkyl halides is 5. The monoisotopic (exact) mass is 479 g/mol. The van der Waals surface area contributed by atoms with Crippen LogP contribution in [0.1, 0.15) is 45.7 Å². The number of carbonyl (C=O) groups is 1. The van der Waals surface area contributed by atoms with Crippen molar-refractivity contribution in [3.63, 3.8) is 0 Å². The van der Waals surface area contributed by atoms with Crippen molar-refractivity contribution in [1.29, 1.82) is 0 Å². The largest absolute Gasteiger partial charge is 0.435 e. The van der Waals surface area contributed by atoms with E-state index in [1.165, 1.54) is 11.0 Å². The molecule has 0 radical (unpaired) electrons. The van der Waals surface area contributed by atoms with Crippen molar-refractivity contribution in [1.82, 2.24) is 20.1 Å². The summed E-state index contributed by atoms with van der Waals surface area (Å²) in [4.78, 5) is 18.9. The summed E-state index contributed by atoms with van der Waals surface area (Å²) >= 11 is 0. The molecule has 1 saturated carbocycles. The third kappa shape index (κ3) is 4.02. The maximum absolute atomic E-state index is 13.6. The number of hydrogen-bond donors (Lipinski definition) is 1. The van der Waals surface area contributed by atoms with Gasteiger partial charge in [0.25, 0.3) is 11.8 Å². The van der Waals surface area contributed by atoms with E-state index in [-0.39, 0.29) is 17.8 Å². The molecule has 2 aromatic heterocycles. The molecule has 0 spiro atoms. The van der Waals surface area contributed by atoms with E-state index in [1.54, 1.807) is 12.1 Å². The van der Waals surface area contributed by atoms with Crippen molar-refractivity contribution < 1.29 is 31.5 Å². The van der Waals surface area contributed by atoms with E-state index < -0.39 is 42.6 Å². The summed E-state index contributed by atoms with van der Waals surface area (Å²) in [6.07, 6.45) is -5.74. The number of carbonyl (C=O) groups excluding carboxylic acids is 1. The molecule has 2 N–H and O–H groups in total. The Labute approximate surface area is 189 Å². The molecule has 7 nitrogen and oxygen atoms in total. The van der Waals surface area contributed by atoms with E-state index in [4.69, 9.17) is 10.5 Å². The minimum atomic E-state index is -4.66. The van der Waals surface area contributed by atoms with Crippen LogP contribution in [-0.4, -0.2) is 38.0 Å². The fourth-order valence-electron chi connectivity index (χ4n) is 4.26. The highest BCUT2D eigenvalue weighted by atomic mass is 19.4. The van der Waals surface area contributed by atoms with Crippen LogP contribution in [0.3, 0.4) is 0 Å². The van der Waals surface area contributed by atoms with E-state index >= 15 is 0 Å². The molecule has 34 heavy (non-hydrogen) atoms. The predicted molar refractivity (Wildman–Crippen MR) is 110 cm³/mol. The van der Waals surface area contributed by atoms with Crippen LogP contribution < -0.4 is 5.73 Å². The number of nitrogens with two attached hydrogens (primary N) is 1. The summed E-state index contributed by atoms with van der Waals surface area (Å²) < 4.78 is 71.0. The second-order valence-corrected chi connectivity index (χ2v) is 8.44. The van der Waals surface area contributed by atoms with Crippen LogP contribution in [0.4, 0.5) is 27.8 Å². The van der Waals surface area contributed by atoms with Gasteiger partial charge in [-0.2, -0.15) is 18.3 Å². The topological polar surface area (TPSA) is 94.2 Å². The Bertz CT molecular complexity index is 1270. The number of ether oxygens (including phenoxy) is 1. The summed E-state index contributed by atoms with van der Waals surface area (Å²) in [6.45, 7) is 0.345. The zero-order valence-electron chi connectivity index (χ0n) is 17.6. The summed E-state index contributed by atoms with van der Waals surface area (Å²) in [6, 6.07) is 5.78. The van der Waals surface area contributed by atoms with Gasteiger partial charge in [-0.05, 0) is 35.9 Å². The van der Waals surface area contributed by atoms with Crippen LogP contribution in [0.15, 0.2) is 30.3 Å². The molecule has 0 atom stereocenters. The highest BCUT2D eigenvalue weighted by Gasteiger charge is 2.49. The molecule has 5 rings (SSSR count). The van der Waals surface area contributed by atoms with Gasteiger partial charge in [-0.15, -0.1) is 5.10 Å². The molecule has 3 aromatic rings. The van der Waals surface area contributed by atoms with Crippen molar-refractivity contribution in [2.45, 2.75) is 50.7 Å². The Balaban J connectivity index is 1.47. The van der Waals surface area contributed by atoms with E-state index in [0.717, 1.165) is 23.3 Å². The van der Waals surface area contributed by atoms with Crippen molar-refractivity contribution in [3.05, 3.63) is 58.4 Å². The number of nitrogen functional groups attached to an aromatic ring is 1. The van der Waals surface area contributed by atoms with E-state index in [9.17, 15) is 26.7 Å². The molecular formula is C22H18F5N5O2. The molecule has 0 bridgehead atoms. The van der Waals surface area contributed by atoms with Gasteiger partial charge in [-0.3, -0.25) is 4.79 Å². The number of nitrogens with zero attached hydrogens (tertiary/aromatic N) is 4. The average molecular weight is 479 g/mol. The lowest BCUT2D eigenvalue weighted by atomic mass is 9.86. The Kier molecular flexibility index (Phi) is 5.15. The molecule has 12 heteroatoms. The highest BCUT2D eigenvalue weighted by molar-refractivity contribution is 5.99. The predicted octanol–water partition coefficient (Wildman–Crippen LogP) is 4.10. The van der Waals surface area contributed by atoms with Gasteiger partial charge >= 0.3 is 6.18 Å². The van der Waals surface area contributed by atoms with Crippen molar-refractivity contribution in [2.75, 3.05) is 5.73 Å². The molecule has 0 unspecified atom stereocenters. The molecule has 1 amide bonds. The first-order valence-corrected chi connectivity index (χ1v) is 10.4. The van der Waals surface area contributed by atoms with Gasteiger partial charge in [-0.1, -0.05) is 0 Å².